The van der Waals surface area contributed by atoms with E-state index in [9.17, 15) is 12.8 Å². The third kappa shape index (κ3) is 3.99. The lowest BCUT2D eigenvalue weighted by atomic mass is 10.4. The first kappa shape index (κ1) is 11.8. The molecule has 0 fully saturated rings. The van der Waals surface area contributed by atoms with E-state index in [0.717, 1.165) is 6.92 Å². The van der Waals surface area contributed by atoms with E-state index in [2.05, 4.69) is 5.32 Å². The highest BCUT2D eigenvalue weighted by atomic mass is 32.2. The summed E-state index contributed by atoms with van der Waals surface area (Å²) in [6.07, 6.45) is -0.940. The van der Waals surface area contributed by atoms with Gasteiger partial charge < -0.3 is 0 Å². The summed E-state index contributed by atoms with van der Waals surface area (Å²) < 4.78 is 42.2. The summed E-state index contributed by atoms with van der Waals surface area (Å²) in [5.41, 5.74) is 0. The van der Waals surface area contributed by atoms with Gasteiger partial charge in [0.05, 0.1) is 0 Å². The molecule has 74 valence electrons. The summed E-state index contributed by atoms with van der Waals surface area (Å²) >= 11 is 0. The van der Waals surface area contributed by atoms with Gasteiger partial charge in [-0.25, -0.2) is 4.39 Å². The topological polar surface area (TPSA) is 66.4 Å². The van der Waals surface area contributed by atoms with Gasteiger partial charge in [-0.1, -0.05) is 6.92 Å². The van der Waals surface area contributed by atoms with Crippen LogP contribution in [-0.4, -0.2) is 31.1 Å². The molecule has 0 saturated carbocycles. The van der Waals surface area contributed by atoms with E-state index in [1.165, 1.54) is 0 Å². The van der Waals surface area contributed by atoms with E-state index in [1.54, 1.807) is 0 Å². The minimum absolute atomic E-state index is 0.360. The van der Waals surface area contributed by atoms with E-state index in [-0.39, 0.29) is 0 Å². The Morgan fingerprint density at radius 3 is 2.33 bits per heavy atom. The van der Waals surface area contributed by atoms with Crippen LogP contribution in [-0.2, 0) is 10.1 Å². The van der Waals surface area contributed by atoms with Gasteiger partial charge in [0.2, 0.25) is 0 Å². The lowest BCUT2D eigenvalue weighted by Gasteiger charge is -2.15. The fourth-order valence-electron chi connectivity index (χ4n) is 0.791. The zero-order chi connectivity index (χ0) is 9.78. The quantitative estimate of drug-likeness (QED) is 0.635. The number of hydrogen-bond donors (Lipinski definition) is 2. The Hall–Kier alpha value is -0.200. The summed E-state index contributed by atoms with van der Waals surface area (Å²) in [6, 6.07) is 0. The average molecular weight is 199 g/mol. The molecule has 0 aliphatic rings. The fraction of sp³-hybridized carbons (Fsp3) is 1.00. The Kier molecular flexibility index (Phi) is 4.66. The second-order valence-electron chi connectivity index (χ2n) is 2.57. The number of hydrogen-bond acceptors (Lipinski definition) is 3. The Morgan fingerprint density at radius 2 is 2.08 bits per heavy atom. The molecule has 0 heterocycles. The van der Waals surface area contributed by atoms with Gasteiger partial charge in [0, 0.05) is 0 Å². The van der Waals surface area contributed by atoms with Crippen LogP contribution in [0.4, 0.5) is 4.39 Å². The number of nitrogens with one attached hydrogen (secondary N) is 1. The van der Waals surface area contributed by atoms with Crippen molar-refractivity contribution in [2.45, 2.75) is 31.8 Å². The van der Waals surface area contributed by atoms with E-state index in [4.69, 9.17) is 4.55 Å². The Morgan fingerprint density at radius 1 is 1.58 bits per heavy atom. The Balaban J connectivity index is 4.26. The second kappa shape index (κ2) is 4.74. The van der Waals surface area contributed by atoms with Crippen LogP contribution in [0.2, 0.25) is 0 Å². The van der Waals surface area contributed by atoms with E-state index in [0.29, 0.717) is 13.0 Å². The molecule has 4 nitrogen and oxygen atoms in total. The summed E-state index contributed by atoms with van der Waals surface area (Å²) in [4.78, 5) is 0. The van der Waals surface area contributed by atoms with Crippen LogP contribution in [0.1, 0.15) is 20.3 Å². The third-order valence-corrected chi connectivity index (χ3v) is 2.52. The molecule has 2 unspecified atom stereocenters. The van der Waals surface area contributed by atoms with E-state index in [1.807, 2.05) is 6.92 Å². The van der Waals surface area contributed by atoms with Gasteiger partial charge in [0.15, 0.2) is 5.37 Å². The van der Waals surface area contributed by atoms with Crippen molar-refractivity contribution >= 4 is 10.1 Å². The van der Waals surface area contributed by atoms with Gasteiger partial charge >= 0.3 is 0 Å². The van der Waals surface area contributed by atoms with Crippen molar-refractivity contribution in [3.63, 3.8) is 0 Å². The lowest BCUT2D eigenvalue weighted by molar-refractivity contribution is 0.302. The maximum absolute atomic E-state index is 12.6. The molecule has 2 N–H and O–H groups in total. The molecule has 0 spiro atoms. The zero-order valence-corrected chi connectivity index (χ0v) is 7.94. The molecule has 6 heteroatoms. The van der Waals surface area contributed by atoms with Gasteiger partial charge in [-0.15, -0.1) is 0 Å². The van der Waals surface area contributed by atoms with Gasteiger partial charge in [-0.05, 0) is 19.9 Å². The maximum atomic E-state index is 12.6. The highest BCUT2D eigenvalue weighted by molar-refractivity contribution is 7.86. The molecule has 0 aromatic carbocycles. The van der Waals surface area contributed by atoms with Crippen LogP contribution in [0, 0.1) is 0 Å². The van der Waals surface area contributed by atoms with Crippen molar-refractivity contribution in [3.8, 4) is 0 Å². The van der Waals surface area contributed by atoms with Crippen molar-refractivity contribution < 1.29 is 17.4 Å². The van der Waals surface area contributed by atoms with Gasteiger partial charge in [0.25, 0.3) is 10.1 Å². The van der Waals surface area contributed by atoms with Crippen LogP contribution >= 0.6 is 0 Å². The van der Waals surface area contributed by atoms with Crippen LogP contribution in [0.5, 0.6) is 0 Å². The largest absolute Gasteiger partial charge is 0.297 e. The lowest BCUT2D eigenvalue weighted by Crippen LogP contribution is -2.43. The van der Waals surface area contributed by atoms with Crippen LogP contribution in [0.25, 0.3) is 0 Å². The summed E-state index contributed by atoms with van der Waals surface area (Å²) in [6.45, 7) is 3.26. The van der Waals surface area contributed by atoms with Crippen LogP contribution < -0.4 is 5.32 Å². The molecule has 0 bridgehead atoms. The molecule has 0 aromatic rings. The third-order valence-electron chi connectivity index (χ3n) is 1.33. The van der Waals surface area contributed by atoms with Crippen LogP contribution in [0.3, 0.4) is 0 Å². The van der Waals surface area contributed by atoms with Gasteiger partial charge in [0.1, 0.15) is 6.17 Å². The van der Waals surface area contributed by atoms with Crippen molar-refractivity contribution in [2.24, 2.45) is 0 Å². The van der Waals surface area contributed by atoms with Gasteiger partial charge in [-0.2, -0.15) is 8.42 Å². The minimum atomic E-state index is -4.32. The predicted octanol–water partition coefficient (Wildman–Crippen LogP) is 0.558. The second-order valence-corrected chi connectivity index (χ2v) is 4.11. The summed E-state index contributed by atoms with van der Waals surface area (Å²) in [7, 11) is -4.32. The standard InChI is InChI=1S/C6H14FNO3S/c1-3-4-8-6(5(2)7)12(9,10)11/h5-6,8H,3-4H2,1-2H3,(H,9,10,11). The first-order valence-corrected chi connectivity index (χ1v) is 5.23. The van der Waals surface area contributed by atoms with Crippen molar-refractivity contribution in [1.29, 1.82) is 0 Å². The Bertz CT molecular complexity index is 215. The monoisotopic (exact) mass is 199 g/mol. The normalized spacial score (nSPS) is 17.3. The van der Waals surface area contributed by atoms with E-state index < -0.39 is 21.7 Å². The SMILES string of the molecule is CCCNC(C(C)F)S(=O)(=O)O. The maximum Gasteiger partial charge on any atom is 0.284 e. The number of rotatable bonds is 5. The highest BCUT2D eigenvalue weighted by Gasteiger charge is 2.28. The molecular weight excluding hydrogens is 185 g/mol. The molecule has 0 rings (SSSR count). The molecule has 0 saturated heterocycles. The predicted molar refractivity (Wildman–Crippen MR) is 44.2 cm³/mol. The van der Waals surface area contributed by atoms with Crippen molar-refractivity contribution in [1.82, 2.24) is 5.32 Å². The van der Waals surface area contributed by atoms with E-state index >= 15 is 0 Å². The number of halogens is 1. The molecule has 0 amide bonds. The molecule has 0 radical (unpaired) electrons. The first-order chi connectivity index (χ1) is 5.39. The zero-order valence-electron chi connectivity index (χ0n) is 7.12. The minimum Gasteiger partial charge on any atom is -0.297 e. The summed E-state index contributed by atoms with van der Waals surface area (Å²) in [5, 5.41) is 0.893. The van der Waals surface area contributed by atoms with Crippen molar-refractivity contribution in [3.05, 3.63) is 0 Å². The summed E-state index contributed by atoms with van der Waals surface area (Å²) in [5.74, 6) is 0. The molecule has 2 atom stereocenters. The molecule has 12 heavy (non-hydrogen) atoms. The number of alkyl halides is 1. The first-order valence-electron chi connectivity index (χ1n) is 3.73. The molecule has 0 aliphatic carbocycles. The molecule has 0 aliphatic heterocycles. The average Bonchev–Trinajstić information content (AvgIpc) is 1.84. The molecule has 0 aromatic heterocycles. The Labute approximate surface area is 71.9 Å². The highest BCUT2D eigenvalue weighted by Crippen LogP contribution is 2.04. The molecular formula is C6H14FNO3S. The fourth-order valence-corrected chi connectivity index (χ4v) is 1.59. The van der Waals surface area contributed by atoms with Crippen molar-refractivity contribution in [2.75, 3.05) is 6.54 Å². The van der Waals surface area contributed by atoms with Gasteiger partial charge in [-0.3, -0.25) is 9.87 Å². The smallest absolute Gasteiger partial charge is 0.284 e. The van der Waals surface area contributed by atoms with Crippen LogP contribution in [0.15, 0.2) is 0 Å².